The van der Waals surface area contributed by atoms with E-state index in [1.54, 1.807) is 113 Å². The largest absolute Gasteiger partial charge is 0.508 e. The second kappa shape index (κ2) is 50.7. The third-order valence-electron chi connectivity index (χ3n) is 22.2. The van der Waals surface area contributed by atoms with Crippen molar-refractivity contribution in [3.8, 4) is 22.6 Å². The fraction of sp³-hybridized carbons (Fsp3) is 0.404. The van der Waals surface area contributed by atoms with Gasteiger partial charge in [-0.05, 0) is 100 Å². The number of aromatic nitrogens is 1. The molecule has 40 nitrogen and oxygen atoms in total. The quantitative estimate of drug-likeness (QED) is 0.0363. The molecular weight excluding hydrogens is 1770 g/mol. The maximum absolute atomic E-state index is 15.6. The van der Waals surface area contributed by atoms with Crippen LogP contribution < -0.4 is 80.6 Å². The molecule has 6 aromatic carbocycles. The minimum Gasteiger partial charge on any atom is -0.508 e. The van der Waals surface area contributed by atoms with Crippen LogP contribution in [0.15, 0.2) is 164 Å². The molecule has 0 spiro atoms. The number of phenols is 2. The topological polar surface area (TPSA) is 619 Å². The van der Waals surface area contributed by atoms with Crippen LogP contribution in [0.3, 0.4) is 0 Å². The molecule has 41 heteroatoms. The van der Waals surface area contributed by atoms with E-state index >= 15 is 33.6 Å². The number of aliphatic hydroxyl groups excluding tert-OH is 1. The van der Waals surface area contributed by atoms with E-state index < -0.39 is 260 Å². The summed E-state index contributed by atoms with van der Waals surface area (Å²) in [5.74, 6) is -23.1. The second-order valence-electron chi connectivity index (χ2n) is 34.1. The Labute approximate surface area is 783 Å². The van der Waals surface area contributed by atoms with Crippen LogP contribution in [0, 0.1) is 17.8 Å². The van der Waals surface area contributed by atoms with E-state index in [2.05, 4.69) is 74.1 Å². The molecule has 8 rings (SSSR count). The number of H-pyrrole nitrogens is 1. The van der Waals surface area contributed by atoms with E-state index in [0.717, 1.165) is 20.9 Å². The minimum absolute atomic E-state index is 0.139. The van der Waals surface area contributed by atoms with Crippen LogP contribution in [0.5, 0.6) is 11.5 Å². The summed E-state index contributed by atoms with van der Waals surface area (Å²) < 4.78 is 0. The van der Waals surface area contributed by atoms with Crippen molar-refractivity contribution in [2.24, 2.45) is 29.2 Å². The number of carboxylic acid groups (broad SMARTS) is 1. The Kier molecular flexibility index (Phi) is 39.7. The van der Waals surface area contributed by atoms with Crippen LogP contribution >= 0.6 is 11.8 Å². The number of likely N-dealkylation sites (N-methyl/N-ethyl adjacent to an activating group) is 2. The highest BCUT2D eigenvalue weighted by molar-refractivity contribution is 8.00. The van der Waals surface area contributed by atoms with Gasteiger partial charge in [0.25, 0.3) is 0 Å². The minimum atomic E-state index is -2.11. The molecule has 135 heavy (non-hydrogen) atoms. The number of carbonyl (C=O) groups excluding carboxylic acids is 17. The average Bonchev–Trinajstić information content (AvgIpc) is 1.58. The summed E-state index contributed by atoms with van der Waals surface area (Å²) in [6.07, 6.45) is -2.46. The van der Waals surface area contributed by atoms with Crippen LogP contribution in [0.2, 0.25) is 0 Å². The normalized spacial score (nSPS) is 22.6. The Balaban J connectivity index is 1.21. The van der Waals surface area contributed by atoms with Crippen LogP contribution in [0.4, 0.5) is 0 Å². The van der Waals surface area contributed by atoms with Gasteiger partial charge in [-0.1, -0.05) is 169 Å². The molecule has 1 aromatic heterocycles. The number of hydrogen-bond donors (Lipinski definition) is 20. The summed E-state index contributed by atoms with van der Waals surface area (Å²) >= 11 is 0.692. The molecule has 1 saturated heterocycles. The van der Waals surface area contributed by atoms with Crippen molar-refractivity contribution in [2.75, 3.05) is 45.3 Å². The number of benzene rings is 6. The third kappa shape index (κ3) is 32.6. The highest BCUT2D eigenvalue weighted by atomic mass is 32.2. The fourth-order valence-corrected chi connectivity index (χ4v) is 15.5. The number of carbonyl (C=O) groups is 18. The Morgan fingerprint density at radius 2 is 0.844 bits per heavy atom. The summed E-state index contributed by atoms with van der Waals surface area (Å²) in [7, 11) is 2.44. The first-order valence-corrected chi connectivity index (χ1v) is 44.9. The number of aromatic amines is 1. The number of nitrogens with zero attached hydrogens (tertiary/aromatic N) is 2. The molecule has 0 saturated carbocycles. The monoisotopic (exact) mass is 1880 g/mol. The van der Waals surface area contributed by atoms with Crippen molar-refractivity contribution in [1.82, 2.24) is 83.9 Å². The maximum Gasteiger partial charge on any atom is 0.305 e. The van der Waals surface area contributed by atoms with E-state index in [0.29, 0.717) is 44.9 Å². The first kappa shape index (κ1) is 106. The number of phenolic OH excluding ortho intramolecular Hbond substituents is 2. The summed E-state index contributed by atoms with van der Waals surface area (Å²) in [4.78, 5) is 264. The third-order valence-corrected chi connectivity index (χ3v) is 23.2. The summed E-state index contributed by atoms with van der Waals surface area (Å²) in [6.45, 7) is 8.12. The van der Waals surface area contributed by atoms with Crippen molar-refractivity contribution in [1.29, 1.82) is 0 Å². The molecule has 17 amide bonds. The predicted octanol–water partition coefficient (Wildman–Crippen LogP) is -1.07. The number of rotatable bonds is 23. The van der Waals surface area contributed by atoms with E-state index in [-0.39, 0.29) is 42.2 Å². The predicted molar refractivity (Wildman–Crippen MR) is 496 cm³/mol. The van der Waals surface area contributed by atoms with E-state index in [1.165, 1.54) is 83.4 Å². The molecule has 0 radical (unpaired) electrons. The lowest BCUT2D eigenvalue weighted by Crippen LogP contribution is -2.61. The van der Waals surface area contributed by atoms with Gasteiger partial charge in [0.2, 0.25) is 100 Å². The zero-order chi connectivity index (χ0) is 99.0. The number of hydrogen-bond acceptors (Lipinski definition) is 22. The molecule has 1 aliphatic heterocycles. The highest BCUT2D eigenvalue weighted by Crippen LogP contribution is 2.25. The van der Waals surface area contributed by atoms with Crippen molar-refractivity contribution in [2.45, 2.75) is 178 Å². The van der Waals surface area contributed by atoms with Gasteiger partial charge in [-0.15, -0.1) is 11.8 Å². The van der Waals surface area contributed by atoms with E-state index in [1.807, 2.05) is 30.3 Å². The molecule has 1 aliphatic rings. The molecule has 13 atom stereocenters. The van der Waals surface area contributed by atoms with Crippen LogP contribution in [0.1, 0.15) is 95.5 Å². The van der Waals surface area contributed by atoms with E-state index in [4.69, 9.17) is 11.5 Å². The van der Waals surface area contributed by atoms with Crippen molar-refractivity contribution in [3.05, 3.63) is 192 Å². The fourth-order valence-electron chi connectivity index (χ4n) is 14.7. The van der Waals surface area contributed by atoms with Gasteiger partial charge in [0.1, 0.15) is 90.0 Å². The Morgan fingerprint density at radius 1 is 0.437 bits per heavy atom. The number of carboxylic acids is 1. The van der Waals surface area contributed by atoms with Crippen LogP contribution in [-0.2, 0) is 118 Å². The van der Waals surface area contributed by atoms with Gasteiger partial charge in [-0.3, -0.25) is 86.3 Å². The van der Waals surface area contributed by atoms with Crippen molar-refractivity contribution >= 4 is 129 Å². The number of aromatic hydroxyl groups is 2. The number of nitrogens with one attached hydrogen (secondary N) is 14. The molecule has 722 valence electrons. The van der Waals surface area contributed by atoms with Gasteiger partial charge >= 0.3 is 5.97 Å². The number of amides is 17. The number of nitrogens with two attached hydrogens (primary N) is 2. The van der Waals surface area contributed by atoms with Gasteiger partial charge in [0, 0.05) is 69.1 Å². The lowest BCUT2D eigenvalue weighted by Gasteiger charge is -2.33. The lowest BCUT2D eigenvalue weighted by atomic mass is 9.97. The summed E-state index contributed by atoms with van der Waals surface area (Å²) in [6, 6.07) is 20.0. The molecule has 7 aromatic rings. The number of para-hydroxylation sites is 1. The molecule has 22 N–H and O–H groups in total. The number of fused-ring (bicyclic) bond motifs is 1. The first-order chi connectivity index (χ1) is 64.0. The van der Waals surface area contributed by atoms with Crippen LogP contribution in [-0.4, -0.2) is 265 Å². The first-order valence-electron chi connectivity index (χ1n) is 43.7. The standard InChI is InChI=1S/C94H118N18O22S/c1-50(2)36-65-89(129)109-80(51(3)4)92(132)107-73(47-113)91(131)108-74(82(122)98-45-76(96)117)48-135-49-78(119)100-66(37-54-18-12-10-13-19-54)83(123)102-68(40-57-28-34-62(115)35-29-57)85(125)106-72(43-79(120)121)88(128)105-70(41-60-44-97-64-23-17-16-22-63(60)64)86(126)103-67(39-56-26-32-61(114)33-27-56)84(124)104-69(38-55-24-30-59(31-25-55)58-20-14-11-15-21-58)90(130)110-81(52(5)6)94(134)112(9)53(7)93(133)111(8)46-77(118)99-71(42-75(95)116)87(127)101-65/h10-35,44,50-53,65-74,80-81,97,113-115H,36-43,45-49H2,1-9H3,(H2,95,116)(H2,96,117)(H,98,122)(H,99,118)(H,100,119)(H,101,127)(H,102,123)(H,103,126)(H,104,124)(H,105,128)(H,106,125)(H,107,132)(H,108,131)(H,109,129)(H,110,130)(H,120,121)/t53-,65-,66-,67-,68-,69-,70-,71-,72-,73-,74-,80-,81-/m0/s1. The number of aliphatic hydroxyl groups is 1. The number of thioether (sulfide) groups is 1. The Hall–Kier alpha value is -14.8. The SMILES string of the molecule is CC(C)C[C@@H]1NC(=O)[C@H](CC(N)=O)NC(=O)CN(C)C(=O)[C@H](C)N(C)C(=O)[C@H](C(C)C)NC(=O)[C@H](Cc2ccc(-c3ccccc3)cc2)NC(=O)[C@H](Cc2ccc(O)cc2)NC(=O)[C@H](Cc2c[nH]c3ccccc23)NC(=O)[C@H](CC(=O)O)NC(=O)[C@H](Cc2ccc(O)cc2)NC(=O)[C@H](Cc2ccccc2)NC(=O)CSC[C@@H](C(=O)NCC(N)=O)NC(=O)[C@H](CO)NC(=O)[C@H](C(C)C)NC1=O. The Morgan fingerprint density at radius 3 is 1.34 bits per heavy atom. The van der Waals surface area contributed by atoms with Crippen molar-refractivity contribution in [3.63, 3.8) is 0 Å². The second-order valence-corrected chi connectivity index (χ2v) is 35.1. The van der Waals surface area contributed by atoms with Crippen LogP contribution in [0.25, 0.3) is 22.0 Å². The van der Waals surface area contributed by atoms with Gasteiger partial charge in [-0.25, -0.2) is 0 Å². The van der Waals surface area contributed by atoms with Gasteiger partial charge in [-0.2, -0.15) is 0 Å². The lowest BCUT2D eigenvalue weighted by molar-refractivity contribution is -0.147. The number of aliphatic carboxylic acids is 1. The van der Waals surface area contributed by atoms with E-state index in [9.17, 15) is 73.2 Å². The molecule has 0 aliphatic carbocycles. The summed E-state index contributed by atoms with van der Waals surface area (Å²) in [5, 5.41) is 75.5. The smallest absolute Gasteiger partial charge is 0.305 e. The molecule has 1 fully saturated rings. The van der Waals surface area contributed by atoms with Gasteiger partial charge in [0.05, 0.1) is 38.3 Å². The molecule has 0 bridgehead atoms. The average molecular weight is 1880 g/mol. The van der Waals surface area contributed by atoms with Crippen molar-refractivity contribution < 1.29 is 107 Å². The van der Waals surface area contributed by atoms with Gasteiger partial charge in [0.15, 0.2) is 0 Å². The molecule has 0 unspecified atom stereocenters. The maximum atomic E-state index is 15.6. The molecular formula is C94H118N18O22S. The van der Waals surface area contributed by atoms with Gasteiger partial charge < -0.3 is 116 Å². The zero-order valence-corrected chi connectivity index (χ0v) is 76.9. The number of primary amides is 2. The Bertz CT molecular complexity index is 5380. The zero-order valence-electron chi connectivity index (χ0n) is 76.1. The molecule has 2 heterocycles. The highest BCUT2D eigenvalue weighted by Gasteiger charge is 2.41. The summed E-state index contributed by atoms with van der Waals surface area (Å²) in [5.41, 5.74) is 15.0.